The van der Waals surface area contributed by atoms with Crippen LogP contribution in [-0.2, 0) is 14.8 Å². The van der Waals surface area contributed by atoms with Gasteiger partial charge in [0, 0.05) is 37.7 Å². The number of carbonyl (C=O) groups excluding carboxylic acids is 1. The van der Waals surface area contributed by atoms with Gasteiger partial charge in [-0.25, -0.2) is 8.42 Å². The van der Waals surface area contributed by atoms with Crippen molar-refractivity contribution >= 4 is 21.8 Å². The summed E-state index contributed by atoms with van der Waals surface area (Å²) in [4.78, 5) is 18.6. The highest BCUT2D eigenvalue weighted by molar-refractivity contribution is 7.90. The van der Waals surface area contributed by atoms with Crippen molar-refractivity contribution in [2.24, 2.45) is 10.7 Å². The molecule has 3 rings (SSSR count). The molecule has 0 aromatic heterocycles. The van der Waals surface area contributed by atoms with Crippen molar-refractivity contribution in [1.29, 1.82) is 0 Å². The molecular formula is C16H22N4O3S. The fraction of sp³-hybridized carbons (Fsp3) is 0.500. The number of amidine groups is 1. The number of piperidine rings is 1. The number of benzene rings is 1. The monoisotopic (exact) mass is 350 g/mol. The van der Waals surface area contributed by atoms with Gasteiger partial charge in [0.2, 0.25) is 5.91 Å². The first kappa shape index (κ1) is 16.9. The maximum atomic E-state index is 12.1. The van der Waals surface area contributed by atoms with Crippen molar-refractivity contribution < 1.29 is 13.2 Å². The van der Waals surface area contributed by atoms with Crippen LogP contribution in [0.15, 0.2) is 34.2 Å². The largest absolute Gasteiger partial charge is 0.343 e. The Kier molecular flexibility index (Phi) is 4.86. The number of aliphatic imine (C=N–C) groups is 1. The third-order valence-electron chi connectivity index (χ3n) is 4.37. The van der Waals surface area contributed by atoms with Gasteiger partial charge in [-0.3, -0.25) is 14.5 Å². The number of sulfonamides is 1. The third-order valence-corrected chi connectivity index (χ3v) is 5.77. The normalized spacial score (nSPS) is 21.5. The molecule has 2 aliphatic heterocycles. The van der Waals surface area contributed by atoms with E-state index in [1.807, 2.05) is 4.90 Å². The van der Waals surface area contributed by atoms with Gasteiger partial charge in [0.1, 0.15) is 5.84 Å². The summed E-state index contributed by atoms with van der Waals surface area (Å²) in [6.45, 7) is 1.86. The molecule has 0 bridgehead atoms. The fourth-order valence-electron chi connectivity index (χ4n) is 2.98. The summed E-state index contributed by atoms with van der Waals surface area (Å²) in [6.07, 6.45) is 2.72. The summed E-state index contributed by atoms with van der Waals surface area (Å²) in [5, 5.41) is 0. The number of nitrogens with zero attached hydrogens (tertiary/aromatic N) is 2. The predicted octanol–water partition coefficient (Wildman–Crippen LogP) is 0.455. The first-order chi connectivity index (χ1) is 11.5. The molecule has 1 aromatic carbocycles. The minimum atomic E-state index is -3.50. The lowest BCUT2D eigenvalue weighted by atomic mass is 10.1. The Morgan fingerprint density at radius 2 is 2.00 bits per heavy atom. The van der Waals surface area contributed by atoms with Gasteiger partial charge in [-0.15, -0.1) is 0 Å². The van der Waals surface area contributed by atoms with E-state index in [0.29, 0.717) is 30.8 Å². The van der Waals surface area contributed by atoms with Gasteiger partial charge < -0.3 is 10.6 Å². The summed E-state index contributed by atoms with van der Waals surface area (Å²) < 4.78 is 26.4. The Bertz CT molecular complexity index is 752. The Morgan fingerprint density at radius 1 is 1.29 bits per heavy atom. The van der Waals surface area contributed by atoms with Gasteiger partial charge in [-0.2, -0.15) is 0 Å². The second-order valence-electron chi connectivity index (χ2n) is 6.15. The first-order valence-electron chi connectivity index (χ1n) is 8.17. The topological polar surface area (TPSA) is 105 Å². The molecule has 1 saturated heterocycles. The molecule has 1 fully saturated rings. The van der Waals surface area contributed by atoms with Crippen molar-refractivity contribution in [3.8, 4) is 0 Å². The molecule has 8 heteroatoms. The number of likely N-dealkylation sites (tertiary alicyclic amines) is 1. The zero-order chi connectivity index (χ0) is 17.2. The van der Waals surface area contributed by atoms with Crippen LogP contribution in [0.1, 0.15) is 31.2 Å². The van der Waals surface area contributed by atoms with E-state index < -0.39 is 10.0 Å². The number of hydrogen-bond acceptors (Lipinski definition) is 5. The maximum absolute atomic E-state index is 12.1. The number of nitrogens with one attached hydrogen (secondary N) is 1. The molecule has 1 amide bonds. The lowest BCUT2D eigenvalue weighted by molar-refractivity contribution is -0.132. The van der Waals surface area contributed by atoms with Gasteiger partial charge >= 0.3 is 0 Å². The summed E-state index contributed by atoms with van der Waals surface area (Å²) in [6, 6.07) is 6.96. The molecule has 0 aliphatic carbocycles. The number of carbonyl (C=O) groups is 1. The average molecular weight is 350 g/mol. The van der Waals surface area contributed by atoms with Crippen LogP contribution in [0.2, 0.25) is 0 Å². The van der Waals surface area contributed by atoms with Crippen molar-refractivity contribution in [3.05, 3.63) is 29.8 Å². The second-order valence-corrected chi connectivity index (χ2v) is 7.80. The quantitative estimate of drug-likeness (QED) is 0.769. The van der Waals surface area contributed by atoms with E-state index in [0.717, 1.165) is 25.9 Å². The summed E-state index contributed by atoms with van der Waals surface area (Å²) in [7, 11) is -3.50. The lowest BCUT2D eigenvalue weighted by Crippen LogP contribution is -2.42. The Labute approximate surface area is 142 Å². The van der Waals surface area contributed by atoms with Crippen LogP contribution >= 0.6 is 0 Å². The standard InChI is InChI=1S/C16H22N4O3S/c17-12-7-10-20(11-8-12)15(21)6-3-9-18-16-13-4-1-2-5-14(13)24(22,23)19-16/h1-2,4-5,12H,3,6-11,17H2,(H,18,19). The van der Waals surface area contributed by atoms with Crippen LogP contribution < -0.4 is 10.5 Å². The summed E-state index contributed by atoms with van der Waals surface area (Å²) in [5.41, 5.74) is 6.43. The van der Waals surface area contributed by atoms with Gasteiger partial charge in [0.15, 0.2) is 0 Å². The first-order valence-corrected chi connectivity index (χ1v) is 9.66. The van der Waals surface area contributed by atoms with Crippen LogP contribution in [0, 0.1) is 0 Å². The minimum Gasteiger partial charge on any atom is -0.343 e. The van der Waals surface area contributed by atoms with E-state index in [2.05, 4.69) is 9.71 Å². The van der Waals surface area contributed by atoms with E-state index in [9.17, 15) is 13.2 Å². The number of nitrogens with two attached hydrogens (primary N) is 1. The van der Waals surface area contributed by atoms with Crippen molar-refractivity contribution in [1.82, 2.24) is 9.62 Å². The number of amides is 1. The highest BCUT2D eigenvalue weighted by Crippen LogP contribution is 2.22. The number of hydrogen-bond donors (Lipinski definition) is 2. The zero-order valence-corrected chi connectivity index (χ0v) is 14.3. The van der Waals surface area contributed by atoms with Crippen molar-refractivity contribution in [3.63, 3.8) is 0 Å². The second kappa shape index (κ2) is 6.90. The van der Waals surface area contributed by atoms with E-state index in [1.165, 1.54) is 0 Å². The van der Waals surface area contributed by atoms with Gasteiger partial charge in [-0.1, -0.05) is 12.1 Å². The smallest absolute Gasteiger partial charge is 0.263 e. The van der Waals surface area contributed by atoms with Gasteiger partial charge in [0.25, 0.3) is 10.0 Å². The molecule has 0 atom stereocenters. The fourth-order valence-corrected chi connectivity index (χ4v) is 4.23. The molecule has 2 aliphatic rings. The van der Waals surface area contributed by atoms with Crippen LogP contribution in [0.25, 0.3) is 0 Å². The molecule has 0 spiro atoms. The highest BCUT2D eigenvalue weighted by atomic mass is 32.2. The molecule has 130 valence electrons. The van der Waals surface area contributed by atoms with E-state index in [4.69, 9.17) is 5.73 Å². The summed E-state index contributed by atoms with van der Waals surface area (Å²) in [5.74, 6) is 0.483. The highest BCUT2D eigenvalue weighted by Gasteiger charge is 2.29. The molecule has 24 heavy (non-hydrogen) atoms. The van der Waals surface area contributed by atoms with Crippen LogP contribution in [-0.4, -0.2) is 50.7 Å². The molecular weight excluding hydrogens is 328 g/mol. The van der Waals surface area contributed by atoms with Gasteiger partial charge in [0.05, 0.1) is 4.90 Å². The average Bonchev–Trinajstić information content (AvgIpc) is 2.83. The SMILES string of the molecule is NC1CCN(C(=O)CCCN=C2NS(=O)(=O)c3ccccc32)CC1. The van der Waals surface area contributed by atoms with Crippen LogP contribution in [0.4, 0.5) is 0 Å². The third kappa shape index (κ3) is 3.59. The lowest BCUT2D eigenvalue weighted by Gasteiger charge is -2.30. The molecule has 0 radical (unpaired) electrons. The Hall–Kier alpha value is -1.93. The predicted molar refractivity (Wildman–Crippen MR) is 91.2 cm³/mol. The maximum Gasteiger partial charge on any atom is 0.263 e. The molecule has 0 saturated carbocycles. The van der Waals surface area contributed by atoms with Crippen LogP contribution in [0.3, 0.4) is 0 Å². The Balaban J connectivity index is 1.53. The van der Waals surface area contributed by atoms with Crippen molar-refractivity contribution in [2.45, 2.75) is 36.6 Å². The number of rotatable bonds is 4. The number of fused-ring (bicyclic) bond motifs is 1. The Morgan fingerprint density at radius 3 is 2.75 bits per heavy atom. The van der Waals surface area contributed by atoms with E-state index in [1.54, 1.807) is 24.3 Å². The van der Waals surface area contributed by atoms with E-state index in [-0.39, 0.29) is 16.8 Å². The van der Waals surface area contributed by atoms with Gasteiger partial charge in [-0.05, 0) is 31.4 Å². The molecule has 7 nitrogen and oxygen atoms in total. The van der Waals surface area contributed by atoms with Crippen molar-refractivity contribution in [2.75, 3.05) is 19.6 Å². The minimum absolute atomic E-state index is 0.120. The van der Waals surface area contributed by atoms with E-state index >= 15 is 0 Å². The molecule has 1 aromatic rings. The molecule has 2 heterocycles. The van der Waals surface area contributed by atoms with Crippen LogP contribution in [0.5, 0.6) is 0 Å². The molecule has 0 unspecified atom stereocenters. The summed E-state index contributed by atoms with van der Waals surface area (Å²) >= 11 is 0. The zero-order valence-electron chi connectivity index (χ0n) is 13.4. The molecule has 3 N–H and O–H groups in total.